The molecule has 19 heavy (non-hydrogen) atoms. The summed E-state index contributed by atoms with van der Waals surface area (Å²) in [6, 6.07) is -0.206. The van der Waals surface area contributed by atoms with Gasteiger partial charge in [-0.3, -0.25) is 9.69 Å². The van der Waals surface area contributed by atoms with Crippen LogP contribution in [0.3, 0.4) is 0 Å². The van der Waals surface area contributed by atoms with Crippen LogP contribution in [-0.4, -0.2) is 73.5 Å². The molecule has 1 fully saturated rings. The summed E-state index contributed by atoms with van der Waals surface area (Å²) in [4.78, 5) is 14.0. The van der Waals surface area contributed by atoms with Gasteiger partial charge in [0.25, 0.3) is 0 Å². The Morgan fingerprint density at radius 1 is 1.58 bits per heavy atom. The molecular formula is C13H27N3O3. The van der Waals surface area contributed by atoms with E-state index in [0.717, 1.165) is 13.1 Å². The summed E-state index contributed by atoms with van der Waals surface area (Å²) < 4.78 is 5.40. The van der Waals surface area contributed by atoms with Gasteiger partial charge in [-0.25, -0.2) is 0 Å². The predicted octanol–water partition coefficient (Wildman–Crippen LogP) is -0.818. The molecule has 0 saturated carbocycles. The maximum absolute atomic E-state index is 12.0. The maximum atomic E-state index is 12.0. The van der Waals surface area contributed by atoms with Crippen molar-refractivity contribution in [2.45, 2.75) is 39.0 Å². The number of hydrogen-bond donors (Lipinski definition) is 3. The fraction of sp³-hybridized carbons (Fsp3) is 0.923. The van der Waals surface area contributed by atoms with E-state index in [0.29, 0.717) is 26.2 Å². The van der Waals surface area contributed by atoms with E-state index in [1.54, 1.807) is 0 Å². The first kappa shape index (κ1) is 16.4. The van der Waals surface area contributed by atoms with Gasteiger partial charge in [0, 0.05) is 32.7 Å². The van der Waals surface area contributed by atoms with Crippen molar-refractivity contribution in [3.8, 4) is 0 Å². The van der Waals surface area contributed by atoms with Crippen LogP contribution in [0.1, 0.15) is 20.8 Å². The van der Waals surface area contributed by atoms with Crippen molar-refractivity contribution in [1.82, 2.24) is 15.5 Å². The van der Waals surface area contributed by atoms with Crippen LogP contribution in [0.2, 0.25) is 0 Å². The molecule has 112 valence electrons. The van der Waals surface area contributed by atoms with Gasteiger partial charge >= 0.3 is 0 Å². The van der Waals surface area contributed by atoms with E-state index in [1.807, 2.05) is 25.7 Å². The molecule has 0 spiro atoms. The highest BCUT2D eigenvalue weighted by Crippen LogP contribution is 2.06. The number of amides is 1. The van der Waals surface area contributed by atoms with Crippen molar-refractivity contribution in [2.24, 2.45) is 0 Å². The number of carbonyl (C=O) groups is 1. The number of piperazine rings is 1. The van der Waals surface area contributed by atoms with Crippen molar-refractivity contribution >= 4 is 5.91 Å². The standard InChI is InChI=1S/C13H27N3O3/c1-4-15-13(18)12-7-14-5-6-16(12)8-11(17)9-19-10(2)3/h10-12,14,17H,4-9H2,1-3H3,(H,15,18). The first-order valence-corrected chi connectivity index (χ1v) is 7.06. The number of nitrogens with zero attached hydrogens (tertiary/aromatic N) is 1. The van der Waals surface area contributed by atoms with Crippen LogP contribution in [0, 0.1) is 0 Å². The molecule has 0 aromatic rings. The minimum atomic E-state index is -0.558. The van der Waals surface area contributed by atoms with Crippen LogP contribution in [0.4, 0.5) is 0 Å². The molecule has 0 bridgehead atoms. The zero-order chi connectivity index (χ0) is 14.3. The van der Waals surface area contributed by atoms with E-state index >= 15 is 0 Å². The van der Waals surface area contributed by atoms with Crippen molar-refractivity contribution in [2.75, 3.05) is 39.3 Å². The van der Waals surface area contributed by atoms with Gasteiger partial charge in [-0.1, -0.05) is 0 Å². The highest BCUT2D eigenvalue weighted by molar-refractivity contribution is 5.82. The minimum absolute atomic E-state index is 0.0201. The molecule has 6 heteroatoms. The van der Waals surface area contributed by atoms with Crippen molar-refractivity contribution in [3.05, 3.63) is 0 Å². The third-order valence-electron chi connectivity index (χ3n) is 3.08. The summed E-state index contributed by atoms with van der Waals surface area (Å²) >= 11 is 0. The van der Waals surface area contributed by atoms with Gasteiger partial charge < -0.3 is 20.5 Å². The molecule has 0 aliphatic carbocycles. The third-order valence-corrected chi connectivity index (χ3v) is 3.08. The molecule has 0 aromatic carbocycles. The molecular weight excluding hydrogens is 246 g/mol. The van der Waals surface area contributed by atoms with E-state index in [2.05, 4.69) is 10.6 Å². The molecule has 2 unspecified atom stereocenters. The summed E-state index contributed by atoms with van der Waals surface area (Å²) in [7, 11) is 0. The van der Waals surface area contributed by atoms with Crippen molar-refractivity contribution in [3.63, 3.8) is 0 Å². The zero-order valence-electron chi connectivity index (χ0n) is 12.2. The van der Waals surface area contributed by atoms with Gasteiger partial charge in [0.15, 0.2) is 0 Å². The van der Waals surface area contributed by atoms with Crippen LogP contribution in [0.5, 0.6) is 0 Å². The minimum Gasteiger partial charge on any atom is -0.389 e. The lowest BCUT2D eigenvalue weighted by Gasteiger charge is -2.36. The lowest BCUT2D eigenvalue weighted by molar-refractivity contribution is -0.127. The molecule has 6 nitrogen and oxygen atoms in total. The van der Waals surface area contributed by atoms with E-state index < -0.39 is 6.10 Å². The molecule has 2 atom stereocenters. The summed E-state index contributed by atoms with van der Waals surface area (Å²) in [5.74, 6) is 0.0201. The van der Waals surface area contributed by atoms with Crippen LogP contribution < -0.4 is 10.6 Å². The average molecular weight is 273 g/mol. The van der Waals surface area contributed by atoms with E-state index in [9.17, 15) is 9.90 Å². The number of β-amino-alcohol motifs (C(OH)–C–C–N with tert-alkyl or cyclic N) is 1. The first-order valence-electron chi connectivity index (χ1n) is 7.06. The third kappa shape index (κ3) is 5.86. The number of aliphatic hydroxyl groups excluding tert-OH is 1. The number of likely N-dealkylation sites (N-methyl/N-ethyl adjacent to an activating group) is 1. The monoisotopic (exact) mass is 273 g/mol. The molecule has 0 aromatic heterocycles. The van der Waals surface area contributed by atoms with Gasteiger partial charge in [-0.05, 0) is 20.8 Å². The summed E-state index contributed by atoms with van der Waals surface area (Å²) in [5, 5.41) is 16.0. The molecule has 1 aliphatic rings. The van der Waals surface area contributed by atoms with Crippen LogP contribution >= 0.6 is 0 Å². The van der Waals surface area contributed by atoms with Gasteiger partial charge in [-0.2, -0.15) is 0 Å². The number of hydrogen-bond acceptors (Lipinski definition) is 5. The zero-order valence-corrected chi connectivity index (χ0v) is 12.2. The molecule has 1 amide bonds. The topological polar surface area (TPSA) is 73.8 Å². The quantitative estimate of drug-likeness (QED) is 0.565. The smallest absolute Gasteiger partial charge is 0.238 e. The second-order valence-electron chi connectivity index (χ2n) is 5.15. The van der Waals surface area contributed by atoms with E-state index in [4.69, 9.17) is 4.74 Å². The second kappa shape index (κ2) is 8.47. The number of nitrogens with one attached hydrogen (secondary N) is 2. The summed E-state index contributed by atoms with van der Waals surface area (Å²) in [6.45, 7) is 9.42. The number of carbonyl (C=O) groups excluding carboxylic acids is 1. The Hall–Kier alpha value is -0.690. The van der Waals surface area contributed by atoms with Crippen LogP contribution in [0.15, 0.2) is 0 Å². The van der Waals surface area contributed by atoms with Gasteiger partial charge in [0.05, 0.1) is 18.8 Å². The Morgan fingerprint density at radius 2 is 2.32 bits per heavy atom. The second-order valence-corrected chi connectivity index (χ2v) is 5.15. The maximum Gasteiger partial charge on any atom is 0.238 e. The Kier molecular flexibility index (Phi) is 7.30. The summed E-state index contributed by atoms with van der Waals surface area (Å²) in [6.07, 6.45) is -0.450. The largest absolute Gasteiger partial charge is 0.389 e. The molecule has 1 heterocycles. The van der Waals surface area contributed by atoms with Crippen LogP contribution in [-0.2, 0) is 9.53 Å². The Bertz CT molecular complexity index is 274. The molecule has 1 rings (SSSR count). The number of ether oxygens (including phenoxy) is 1. The highest BCUT2D eigenvalue weighted by atomic mass is 16.5. The first-order chi connectivity index (χ1) is 9.04. The Morgan fingerprint density at radius 3 is 2.95 bits per heavy atom. The highest BCUT2D eigenvalue weighted by Gasteiger charge is 2.29. The normalized spacial score (nSPS) is 22.5. The fourth-order valence-corrected chi connectivity index (χ4v) is 2.14. The van der Waals surface area contributed by atoms with Crippen molar-refractivity contribution < 1.29 is 14.6 Å². The van der Waals surface area contributed by atoms with E-state index in [-0.39, 0.29) is 18.1 Å². The van der Waals surface area contributed by atoms with Gasteiger partial charge in [0.1, 0.15) is 6.04 Å². The molecule has 3 N–H and O–H groups in total. The molecule has 1 saturated heterocycles. The van der Waals surface area contributed by atoms with Crippen molar-refractivity contribution in [1.29, 1.82) is 0 Å². The predicted molar refractivity (Wildman–Crippen MR) is 74.0 cm³/mol. The molecule has 0 radical (unpaired) electrons. The number of aliphatic hydroxyl groups is 1. The Labute approximate surface area is 115 Å². The van der Waals surface area contributed by atoms with Gasteiger partial charge in [-0.15, -0.1) is 0 Å². The lowest BCUT2D eigenvalue weighted by atomic mass is 10.1. The summed E-state index contributed by atoms with van der Waals surface area (Å²) in [5.41, 5.74) is 0. The molecule has 1 aliphatic heterocycles. The number of rotatable bonds is 7. The van der Waals surface area contributed by atoms with Gasteiger partial charge in [0.2, 0.25) is 5.91 Å². The fourth-order valence-electron chi connectivity index (χ4n) is 2.14. The Balaban J connectivity index is 2.45. The average Bonchev–Trinajstić information content (AvgIpc) is 2.37. The van der Waals surface area contributed by atoms with E-state index in [1.165, 1.54) is 0 Å². The lowest BCUT2D eigenvalue weighted by Crippen LogP contribution is -2.59. The SMILES string of the molecule is CCNC(=O)C1CNCCN1CC(O)COC(C)C. The van der Waals surface area contributed by atoms with Crippen LogP contribution in [0.25, 0.3) is 0 Å².